The predicted octanol–water partition coefficient (Wildman–Crippen LogP) is 4.99. The Labute approximate surface area is 222 Å². The van der Waals surface area contributed by atoms with Crippen LogP contribution >= 0.6 is 0 Å². The number of pyridine rings is 1. The standard InChI is InChI=1S/C29H35N7O2/c1-3-4-11-23-19-36(27-20(2)10-6-5-7-14-26(27)37)29(38)35(23)18-22-16-15-21(17-30-22)24-12-8-9-13-25(24)28-31-33-34-32-28/h8-9,12-13,15-17,19-20,27H,3-7,10-11,14,18H2,1-2H3,(H,31,32,33,34). The summed E-state index contributed by atoms with van der Waals surface area (Å²) in [6.45, 7) is 4.62. The van der Waals surface area contributed by atoms with Crippen LogP contribution in [0.2, 0.25) is 0 Å². The second kappa shape index (κ2) is 11.7. The van der Waals surface area contributed by atoms with E-state index < -0.39 is 0 Å². The summed E-state index contributed by atoms with van der Waals surface area (Å²) in [4.78, 5) is 31.6. The third-order valence-corrected chi connectivity index (χ3v) is 7.59. The van der Waals surface area contributed by atoms with E-state index in [2.05, 4.69) is 34.5 Å². The van der Waals surface area contributed by atoms with Crippen molar-refractivity contribution in [3.63, 3.8) is 0 Å². The summed E-state index contributed by atoms with van der Waals surface area (Å²) in [6, 6.07) is 11.4. The number of nitrogens with one attached hydrogen (secondary N) is 1. The number of Topliss-reactive ketones (excluding diaryl/α,β-unsaturated/α-hetero) is 1. The Hall–Kier alpha value is -3.88. The zero-order valence-electron chi connectivity index (χ0n) is 22.1. The highest BCUT2D eigenvalue weighted by molar-refractivity contribution is 5.83. The van der Waals surface area contributed by atoms with E-state index in [0.717, 1.165) is 73.0 Å². The van der Waals surface area contributed by atoms with Crippen molar-refractivity contribution in [2.75, 3.05) is 0 Å². The molecule has 9 heteroatoms. The molecular weight excluding hydrogens is 478 g/mol. The van der Waals surface area contributed by atoms with E-state index in [1.807, 2.05) is 53.4 Å². The molecule has 4 aromatic rings. The second-order valence-corrected chi connectivity index (χ2v) is 10.3. The molecule has 5 rings (SSSR count). The monoisotopic (exact) mass is 513 g/mol. The first kappa shape index (κ1) is 25.8. The van der Waals surface area contributed by atoms with Crippen LogP contribution in [-0.2, 0) is 17.8 Å². The van der Waals surface area contributed by atoms with Crippen molar-refractivity contribution in [2.45, 2.75) is 77.8 Å². The van der Waals surface area contributed by atoms with Crippen LogP contribution in [0.4, 0.5) is 0 Å². The van der Waals surface area contributed by atoms with E-state index in [0.29, 0.717) is 18.8 Å². The van der Waals surface area contributed by atoms with Crippen LogP contribution in [0, 0.1) is 5.92 Å². The fourth-order valence-electron chi connectivity index (χ4n) is 5.51. The van der Waals surface area contributed by atoms with Crippen molar-refractivity contribution in [3.8, 4) is 22.5 Å². The van der Waals surface area contributed by atoms with Crippen molar-refractivity contribution in [2.24, 2.45) is 5.92 Å². The number of hydrogen-bond acceptors (Lipinski definition) is 6. The zero-order valence-corrected chi connectivity index (χ0v) is 22.1. The maximum Gasteiger partial charge on any atom is 0.329 e. The summed E-state index contributed by atoms with van der Waals surface area (Å²) >= 11 is 0. The number of H-pyrrole nitrogens is 1. The van der Waals surface area contributed by atoms with Crippen molar-refractivity contribution in [3.05, 3.63) is 70.7 Å². The van der Waals surface area contributed by atoms with E-state index in [4.69, 9.17) is 4.98 Å². The molecule has 3 aromatic heterocycles. The number of ketones is 1. The minimum Gasteiger partial charge on any atom is -0.297 e. The summed E-state index contributed by atoms with van der Waals surface area (Å²) in [5.41, 5.74) is 4.39. The Kier molecular flexibility index (Phi) is 7.91. The molecule has 1 fully saturated rings. The van der Waals surface area contributed by atoms with Gasteiger partial charge in [0.15, 0.2) is 5.78 Å². The van der Waals surface area contributed by atoms with E-state index >= 15 is 0 Å². The van der Waals surface area contributed by atoms with Gasteiger partial charge >= 0.3 is 5.69 Å². The number of carbonyl (C=O) groups excluding carboxylic acids is 1. The lowest BCUT2D eigenvalue weighted by molar-refractivity contribution is -0.124. The quantitative estimate of drug-likeness (QED) is 0.355. The number of hydrogen-bond donors (Lipinski definition) is 1. The normalized spacial score (nSPS) is 18.3. The number of unbranched alkanes of at least 4 members (excludes halogenated alkanes) is 1. The largest absolute Gasteiger partial charge is 0.329 e. The van der Waals surface area contributed by atoms with E-state index in [9.17, 15) is 9.59 Å². The van der Waals surface area contributed by atoms with Crippen LogP contribution in [0.1, 0.15) is 76.2 Å². The number of aryl methyl sites for hydroxylation is 1. The minimum atomic E-state index is -0.388. The van der Waals surface area contributed by atoms with Crippen LogP contribution in [0.15, 0.2) is 53.6 Å². The first-order valence-corrected chi connectivity index (χ1v) is 13.7. The van der Waals surface area contributed by atoms with Crippen LogP contribution < -0.4 is 5.69 Å². The fraction of sp³-hybridized carbons (Fsp3) is 0.448. The van der Waals surface area contributed by atoms with Gasteiger partial charge < -0.3 is 0 Å². The molecule has 1 aromatic carbocycles. The third-order valence-electron chi connectivity index (χ3n) is 7.59. The summed E-state index contributed by atoms with van der Waals surface area (Å²) < 4.78 is 3.53. The summed E-state index contributed by atoms with van der Waals surface area (Å²) in [5.74, 6) is 0.851. The molecule has 2 unspecified atom stereocenters. The number of rotatable bonds is 8. The molecule has 1 aliphatic rings. The Bertz CT molecular complexity index is 1420. The highest BCUT2D eigenvalue weighted by Gasteiger charge is 2.30. The molecule has 1 N–H and O–H groups in total. The van der Waals surface area contributed by atoms with E-state index in [1.165, 1.54) is 0 Å². The Balaban J connectivity index is 1.45. The van der Waals surface area contributed by atoms with Crippen LogP contribution in [-0.4, -0.2) is 40.5 Å². The molecule has 1 aliphatic carbocycles. The zero-order chi connectivity index (χ0) is 26.5. The second-order valence-electron chi connectivity index (χ2n) is 10.3. The predicted molar refractivity (Wildman–Crippen MR) is 146 cm³/mol. The number of benzene rings is 1. The average molecular weight is 514 g/mol. The number of tetrazole rings is 1. The van der Waals surface area contributed by atoms with Crippen molar-refractivity contribution >= 4 is 5.78 Å². The fourth-order valence-corrected chi connectivity index (χ4v) is 5.51. The molecule has 2 atom stereocenters. The van der Waals surface area contributed by atoms with Crippen molar-refractivity contribution in [1.29, 1.82) is 0 Å². The molecule has 3 heterocycles. The van der Waals surface area contributed by atoms with Crippen LogP contribution in [0.25, 0.3) is 22.5 Å². The number of aromatic amines is 1. The van der Waals surface area contributed by atoms with Crippen molar-refractivity contribution in [1.82, 2.24) is 34.7 Å². The molecular formula is C29H35N7O2. The van der Waals surface area contributed by atoms with Gasteiger partial charge in [-0.15, -0.1) is 10.2 Å². The molecule has 9 nitrogen and oxygen atoms in total. The first-order valence-electron chi connectivity index (χ1n) is 13.7. The Morgan fingerprint density at radius 3 is 2.63 bits per heavy atom. The van der Waals surface area contributed by atoms with Gasteiger partial charge in [-0.1, -0.05) is 63.4 Å². The highest BCUT2D eigenvalue weighted by atomic mass is 16.2. The van der Waals surface area contributed by atoms with Gasteiger partial charge in [0.25, 0.3) is 0 Å². The summed E-state index contributed by atoms with van der Waals surface area (Å²) in [7, 11) is 0. The van der Waals surface area contributed by atoms with Crippen molar-refractivity contribution < 1.29 is 4.79 Å². The molecule has 198 valence electrons. The van der Waals surface area contributed by atoms with Gasteiger partial charge in [-0.25, -0.2) is 4.79 Å². The number of imidazole rings is 1. The number of nitrogens with zero attached hydrogens (tertiary/aromatic N) is 6. The summed E-state index contributed by atoms with van der Waals surface area (Å²) in [5, 5.41) is 14.4. The maximum absolute atomic E-state index is 13.7. The molecule has 1 saturated carbocycles. The highest BCUT2D eigenvalue weighted by Crippen LogP contribution is 2.30. The third kappa shape index (κ3) is 5.37. The molecule has 0 saturated heterocycles. The number of aromatic nitrogens is 7. The van der Waals surface area contributed by atoms with Gasteiger partial charge in [0.05, 0.1) is 18.3 Å². The molecule has 0 aliphatic heterocycles. The first-order chi connectivity index (χ1) is 18.6. The lowest BCUT2D eigenvalue weighted by Crippen LogP contribution is -2.35. The van der Waals surface area contributed by atoms with E-state index in [1.54, 1.807) is 4.57 Å². The van der Waals surface area contributed by atoms with Gasteiger partial charge in [0.1, 0.15) is 0 Å². The van der Waals surface area contributed by atoms with Gasteiger partial charge in [0, 0.05) is 35.6 Å². The molecule has 0 radical (unpaired) electrons. The molecule has 0 amide bonds. The minimum absolute atomic E-state index is 0.116. The van der Waals surface area contributed by atoms with E-state index in [-0.39, 0.29) is 23.4 Å². The smallest absolute Gasteiger partial charge is 0.297 e. The Morgan fingerprint density at radius 1 is 1.05 bits per heavy atom. The van der Waals surface area contributed by atoms with Gasteiger partial charge in [0.2, 0.25) is 5.82 Å². The maximum atomic E-state index is 13.7. The molecule has 0 spiro atoms. The lowest BCUT2D eigenvalue weighted by atomic mass is 9.87. The number of carbonyl (C=O) groups is 1. The topological polar surface area (TPSA) is 111 Å². The van der Waals surface area contributed by atoms with Crippen LogP contribution in [0.5, 0.6) is 0 Å². The van der Waals surface area contributed by atoms with Gasteiger partial charge in [-0.05, 0) is 48.4 Å². The Morgan fingerprint density at radius 2 is 1.89 bits per heavy atom. The SMILES string of the molecule is CCCCc1cn(C2C(=O)CCCCCC2C)c(=O)n1Cc1ccc(-c2ccccc2-c2nn[nH]n2)cn1. The molecule has 38 heavy (non-hydrogen) atoms. The summed E-state index contributed by atoms with van der Waals surface area (Å²) in [6.07, 6.45) is 11.2. The van der Waals surface area contributed by atoms with Gasteiger partial charge in [-0.3, -0.25) is 18.9 Å². The van der Waals surface area contributed by atoms with Crippen LogP contribution in [0.3, 0.4) is 0 Å². The lowest BCUT2D eigenvalue weighted by Gasteiger charge is -2.25. The van der Waals surface area contributed by atoms with Gasteiger partial charge in [-0.2, -0.15) is 5.21 Å². The average Bonchev–Trinajstić information content (AvgIpc) is 3.56. The molecule has 0 bridgehead atoms.